The van der Waals surface area contributed by atoms with Crippen LogP contribution in [0.25, 0.3) is 12.2 Å². The van der Waals surface area contributed by atoms with Crippen LogP contribution in [0.2, 0.25) is 0 Å². The first-order valence-electron chi connectivity index (χ1n) is 8.26. The molecule has 0 aliphatic heterocycles. The SMILES string of the molecule is C=C(C)C=O.C=Cc1cccc(NC(CC)C(CC)OC)c1C=C. The van der Waals surface area contributed by atoms with Crippen LogP contribution in [0.15, 0.2) is 43.5 Å². The molecular formula is C21H31NO2. The zero-order valence-corrected chi connectivity index (χ0v) is 15.5. The molecule has 0 spiro atoms. The van der Waals surface area contributed by atoms with Crippen molar-refractivity contribution >= 4 is 24.1 Å². The Labute approximate surface area is 147 Å². The maximum absolute atomic E-state index is 9.41. The molecule has 3 heteroatoms. The number of hydrogen-bond donors (Lipinski definition) is 1. The Hall–Kier alpha value is -2.13. The number of ether oxygens (including phenoxy) is 1. The molecule has 2 atom stereocenters. The van der Waals surface area contributed by atoms with Crippen LogP contribution in [0.1, 0.15) is 44.7 Å². The molecule has 0 fully saturated rings. The van der Waals surface area contributed by atoms with E-state index in [1.807, 2.05) is 24.3 Å². The number of methoxy groups -OCH3 is 1. The van der Waals surface area contributed by atoms with Gasteiger partial charge in [-0.15, -0.1) is 0 Å². The number of carbonyl (C=O) groups excluding carboxylic acids is 1. The Morgan fingerprint density at radius 2 is 1.88 bits per heavy atom. The molecule has 24 heavy (non-hydrogen) atoms. The van der Waals surface area contributed by atoms with Gasteiger partial charge in [-0.1, -0.05) is 57.9 Å². The molecule has 0 aromatic heterocycles. The summed E-state index contributed by atoms with van der Waals surface area (Å²) >= 11 is 0. The lowest BCUT2D eigenvalue weighted by Gasteiger charge is -2.27. The van der Waals surface area contributed by atoms with Crippen molar-refractivity contribution in [1.29, 1.82) is 0 Å². The molecule has 1 N–H and O–H groups in total. The summed E-state index contributed by atoms with van der Waals surface area (Å²) in [6.07, 6.45) is 6.68. The molecule has 3 nitrogen and oxygen atoms in total. The molecule has 0 aliphatic rings. The van der Waals surface area contributed by atoms with Gasteiger partial charge < -0.3 is 10.1 Å². The predicted octanol–water partition coefficient (Wildman–Crippen LogP) is 5.35. The van der Waals surface area contributed by atoms with Crippen molar-refractivity contribution in [3.05, 3.63) is 54.6 Å². The van der Waals surface area contributed by atoms with Gasteiger partial charge in [0.2, 0.25) is 0 Å². The molecule has 132 valence electrons. The third-order valence-corrected chi connectivity index (χ3v) is 3.70. The molecular weight excluding hydrogens is 298 g/mol. The van der Waals surface area contributed by atoms with Crippen LogP contribution in [0.5, 0.6) is 0 Å². The summed E-state index contributed by atoms with van der Waals surface area (Å²) in [5.41, 5.74) is 3.86. The van der Waals surface area contributed by atoms with Crippen LogP contribution < -0.4 is 5.32 Å². The van der Waals surface area contributed by atoms with Crippen LogP contribution in [0.3, 0.4) is 0 Å². The van der Waals surface area contributed by atoms with E-state index in [4.69, 9.17) is 4.74 Å². The summed E-state index contributed by atoms with van der Waals surface area (Å²) in [4.78, 5) is 9.41. The van der Waals surface area contributed by atoms with Crippen molar-refractivity contribution in [3.63, 3.8) is 0 Å². The molecule has 0 saturated carbocycles. The summed E-state index contributed by atoms with van der Waals surface area (Å²) in [6.45, 7) is 17.0. The second-order valence-corrected chi connectivity index (χ2v) is 5.52. The Balaban J connectivity index is 0.000000922. The molecule has 2 unspecified atom stereocenters. The summed E-state index contributed by atoms with van der Waals surface area (Å²) in [5.74, 6) is 0. The van der Waals surface area contributed by atoms with Crippen LogP contribution in [0.4, 0.5) is 5.69 Å². The number of allylic oxidation sites excluding steroid dienone is 1. The van der Waals surface area contributed by atoms with Crippen molar-refractivity contribution < 1.29 is 9.53 Å². The average molecular weight is 329 g/mol. The molecule has 1 aromatic rings. The summed E-state index contributed by atoms with van der Waals surface area (Å²) in [7, 11) is 1.77. The van der Waals surface area contributed by atoms with Crippen molar-refractivity contribution in [3.8, 4) is 0 Å². The van der Waals surface area contributed by atoms with E-state index in [9.17, 15) is 4.79 Å². The Bertz CT molecular complexity index is 545. The molecule has 1 rings (SSSR count). The fourth-order valence-electron chi connectivity index (χ4n) is 2.39. The molecule has 0 radical (unpaired) electrons. The van der Waals surface area contributed by atoms with Gasteiger partial charge in [0.1, 0.15) is 6.29 Å². The number of anilines is 1. The molecule has 0 bridgehead atoms. The normalized spacial score (nSPS) is 12.2. The van der Waals surface area contributed by atoms with Gasteiger partial charge in [0.25, 0.3) is 0 Å². The smallest absolute Gasteiger partial charge is 0.145 e. The fraction of sp³-hybridized carbons (Fsp3) is 0.381. The number of hydrogen-bond acceptors (Lipinski definition) is 3. The maximum atomic E-state index is 9.41. The van der Waals surface area contributed by atoms with Gasteiger partial charge in [0, 0.05) is 18.4 Å². The van der Waals surface area contributed by atoms with Crippen molar-refractivity contribution in [1.82, 2.24) is 0 Å². The minimum atomic E-state index is 0.218. The van der Waals surface area contributed by atoms with Crippen LogP contribution in [-0.4, -0.2) is 25.5 Å². The molecule has 0 saturated heterocycles. The van der Waals surface area contributed by atoms with Gasteiger partial charge in [0.05, 0.1) is 12.1 Å². The highest BCUT2D eigenvalue weighted by molar-refractivity contribution is 5.75. The van der Waals surface area contributed by atoms with Gasteiger partial charge in [0.15, 0.2) is 0 Å². The third kappa shape index (κ3) is 6.97. The standard InChI is InChI=1S/C17H25NO.C4H6O/c1-6-13-11-10-12-16(14(13)7-2)18-15(8-3)17(9-4)19-5;1-4(2)3-5/h6-7,10-12,15,17-18H,1-2,8-9H2,3-5H3;3H,1H2,2H3. The zero-order chi connectivity index (χ0) is 18.5. The summed E-state index contributed by atoms with van der Waals surface area (Å²) in [5, 5.41) is 3.58. The first kappa shape index (κ1) is 21.9. The van der Waals surface area contributed by atoms with Gasteiger partial charge in [-0.3, -0.25) is 4.79 Å². The Kier molecular flexibility index (Phi) is 11.2. The van der Waals surface area contributed by atoms with Crippen LogP contribution >= 0.6 is 0 Å². The minimum Gasteiger partial charge on any atom is -0.379 e. The van der Waals surface area contributed by atoms with Crippen molar-refractivity contribution in [2.24, 2.45) is 0 Å². The second-order valence-electron chi connectivity index (χ2n) is 5.52. The highest BCUT2D eigenvalue weighted by Crippen LogP contribution is 2.24. The van der Waals surface area contributed by atoms with Crippen molar-refractivity contribution in [2.75, 3.05) is 12.4 Å². The van der Waals surface area contributed by atoms with E-state index in [-0.39, 0.29) is 6.10 Å². The monoisotopic (exact) mass is 329 g/mol. The number of nitrogens with one attached hydrogen (secondary N) is 1. The summed E-state index contributed by atoms with van der Waals surface area (Å²) in [6, 6.07) is 6.46. The number of aldehydes is 1. The second kappa shape index (κ2) is 12.3. The first-order valence-corrected chi connectivity index (χ1v) is 8.26. The van der Waals surface area contributed by atoms with Gasteiger partial charge in [-0.2, -0.15) is 0 Å². The van der Waals surface area contributed by atoms with Gasteiger partial charge in [-0.25, -0.2) is 0 Å². The lowest BCUT2D eigenvalue weighted by atomic mass is 10.0. The van der Waals surface area contributed by atoms with E-state index < -0.39 is 0 Å². The molecule has 1 aromatic carbocycles. The highest BCUT2D eigenvalue weighted by Gasteiger charge is 2.18. The van der Waals surface area contributed by atoms with Crippen LogP contribution in [0, 0.1) is 0 Å². The predicted molar refractivity (Wildman–Crippen MR) is 106 cm³/mol. The first-order chi connectivity index (χ1) is 11.5. The Morgan fingerprint density at radius 1 is 1.25 bits per heavy atom. The molecule has 0 heterocycles. The van der Waals surface area contributed by atoms with E-state index in [0.29, 0.717) is 11.6 Å². The zero-order valence-electron chi connectivity index (χ0n) is 15.5. The van der Waals surface area contributed by atoms with E-state index >= 15 is 0 Å². The lowest BCUT2D eigenvalue weighted by molar-refractivity contribution is -0.104. The average Bonchev–Trinajstić information content (AvgIpc) is 2.61. The van der Waals surface area contributed by atoms with Crippen LogP contribution in [-0.2, 0) is 9.53 Å². The van der Waals surface area contributed by atoms with Crippen molar-refractivity contribution in [2.45, 2.75) is 45.8 Å². The third-order valence-electron chi connectivity index (χ3n) is 3.70. The Morgan fingerprint density at radius 3 is 2.25 bits per heavy atom. The number of rotatable bonds is 9. The summed E-state index contributed by atoms with van der Waals surface area (Å²) < 4.78 is 5.55. The van der Waals surface area contributed by atoms with E-state index in [1.54, 1.807) is 14.0 Å². The van der Waals surface area contributed by atoms with E-state index in [2.05, 4.69) is 45.0 Å². The topological polar surface area (TPSA) is 38.3 Å². The van der Waals surface area contributed by atoms with Gasteiger partial charge >= 0.3 is 0 Å². The van der Waals surface area contributed by atoms with E-state index in [0.717, 1.165) is 35.9 Å². The highest BCUT2D eigenvalue weighted by atomic mass is 16.5. The van der Waals surface area contributed by atoms with E-state index in [1.165, 1.54) is 0 Å². The van der Waals surface area contributed by atoms with Gasteiger partial charge in [-0.05, 0) is 37.0 Å². The maximum Gasteiger partial charge on any atom is 0.145 e. The minimum absolute atomic E-state index is 0.218. The number of benzene rings is 1. The quantitative estimate of drug-likeness (QED) is 0.490. The molecule has 0 aliphatic carbocycles. The fourth-order valence-corrected chi connectivity index (χ4v) is 2.39. The number of carbonyl (C=O) groups is 1. The lowest BCUT2D eigenvalue weighted by Crippen LogP contribution is -2.34. The largest absolute Gasteiger partial charge is 0.379 e. The molecule has 0 amide bonds.